The average Bonchev–Trinajstić information content (AvgIpc) is 2.70. The van der Waals surface area contributed by atoms with Crippen molar-refractivity contribution in [1.82, 2.24) is 10.2 Å². The second kappa shape index (κ2) is 9.85. The van der Waals surface area contributed by atoms with Crippen LogP contribution >= 0.6 is 23.4 Å². The van der Waals surface area contributed by atoms with Gasteiger partial charge >= 0.3 is 6.03 Å². The maximum absolute atomic E-state index is 12.7. The summed E-state index contributed by atoms with van der Waals surface area (Å²) in [5, 5.41) is 6.28. The number of benzene rings is 2. The predicted molar refractivity (Wildman–Crippen MR) is 115 cm³/mol. The number of urea groups is 1. The van der Waals surface area contributed by atoms with E-state index in [1.165, 1.54) is 11.8 Å². The van der Waals surface area contributed by atoms with Crippen molar-refractivity contribution in [3.63, 3.8) is 0 Å². The van der Waals surface area contributed by atoms with Crippen LogP contribution in [0, 0.1) is 0 Å². The van der Waals surface area contributed by atoms with E-state index in [-0.39, 0.29) is 23.2 Å². The molecule has 148 valence electrons. The molecule has 7 heteroatoms. The van der Waals surface area contributed by atoms with Gasteiger partial charge in [0.15, 0.2) is 0 Å². The Bertz CT molecular complexity index is 810. The molecule has 1 heterocycles. The summed E-state index contributed by atoms with van der Waals surface area (Å²) < 4.78 is 0. The molecule has 1 saturated heterocycles. The average molecular weight is 418 g/mol. The molecule has 1 unspecified atom stereocenters. The Labute approximate surface area is 174 Å². The normalized spacial score (nSPS) is 15.7. The van der Waals surface area contributed by atoms with Crippen molar-refractivity contribution >= 4 is 41.0 Å². The van der Waals surface area contributed by atoms with Gasteiger partial charge in [-0.1, -0.05) is 41.9 Å². The summed E-state index contributed by atoms with van der Waals surface area (Å²) in [6, 6.07) is 16.8. The van der Waals surface area contributed by atoms with Gasteiger partial charge in [0.1, 0.15) is 0 Å². The number of halogens is 1. The van der Waals surface area contributed by atoms with Gasteiger partial charge in [0.25, 0.3) is 0 Å². The summed E-state index contributed by atoms with van der Waals surface area (Å²) in [6.07, 6.45) is 1.49. The van der Waals surface area contributed by atoms with Crippen LogP contribution < -0.4 is 10.6 Å². The smallest absolute Gasteiger partial charge is 0.319 e. The zero-order valence-corrected chi connectivity index (χ0v) is 17.3. The van der Waals surface area contributed by atoms with E-state index in [0.29, 0.717) is 18.1 Å². The zero-order chi connectivity index (χ0) is 19.9. The fraction of sp³-hybridized carbons (Fsp3) is 0.333. The van der Waals surface area contributed by atoms with Crippen LogP contribution in [0.15, 0.2) is 59.5 Å². The number of nitrogens with one attached hydrogen (secondary N) is 2. The lowest BCUT2D eigenvalue weighted by Gasteiger charge is -2.33. The van der Waals surface area contributed by atoms with Crippen LogP contribution in [-0.2, 0) is 4.79 Å². The molecule has 5 nitrogen and oxygen atoms in total. The SMILES string of the molecule is CC(Sc1ccccc1Cl)C(=O)N1CCC(NC(=O)Nc2ccccc2)CC1. The van der Waals surface area contributed by atoms with E-state index in [0.717, 1.165) is 23.4 Å². The van der Waals surface area contributed by atoms with Gasteiger partial charge in [-0.05, 0) is 44.0 Å². The first-order chi connectivity index (χ1) is 13.5. The van der Waals surface area contributed by atoms with Gasteiger partial charge in [0, 0.05) is 29.7 Å². The number of amides is 3. The second-order valence-corrected chi connectivity index (χ2v) is 8.54. The van der Waals surface area contributed by atoms with Gasteiger partial charge in [0.2, 0.25) is 5.91 Å². The maximum Gasteiger partial charge on any atom is 0.319 e. The highest BCUT2D eigenvalue weighted by Crippen LogP contribution is 2.31. The Morgan fingerprint density at radius 1 is 1.07 bits per heavy atom. The number of nitrogens with zero attached hydrogens (tertiary/aromatic N) is 1. The topological polar surface area (TPSA) is 61.4 Å². The number of piperidine rings is 1. The van der Waals surface area contributed by atoms with Crippen molar-refractivity contribution in [1.29, 1.82) is 0 Å². The quantitative estimate of drug-likeness (QED) is 0.697. The molecule has 0 aliphatic carbocycles. The first-order valence-electron chi connectivity index (χ1n) is 9.35. The van der Waals surface area contributed by atoms with E-state index in [1.807, 2.05) is 66.4 Å². The molecule has 1 aliphatic heterocycles. The van der Waals surface area contributed by atoms with E-state index in [4.69, 9.17) is 11.6 Å². The molecule has 1 fully saturated rings. The Balaban J connectivity index is 1.44. The van der Waals surface area contributed by atoms with Crippen molar-refractivity contribution in [3.05, 3.63) is 59.6 Å². The Morgan fingerprint density at radius 3 is 2.39 bits per heavy atom. The predicted octanol–water partition coefficient (Wildman–Crippen LogP) is 4.63. The summed E-state index contributed by atoms with van der Waals surface area (Å²) in [7, 11) is 0. The summed E-state index contributed by atoms with van der Waals surface area (Å²) >= 11 is 7.67. The molecule has 0 spiro atoms. The molecular formula is C21H24ClN3O2S. The zero-order valence-electron chi connectivity index (χ0n) is 15.7. The summed E-state index contributed by atoms with van der Waals surface area (Å²) in [5.41, 5.74) is 0.762. The largest absolute Gasteiger partial charge is 0.342 e. The van der Waals surface area contributed by atoms with Crippen molar-refractivity contribution in [3.8, 4) is 0 Å². The summed E-state index contributed by atoms with van der Waals surface area (Å²) in [6.45, 7) is 3.19. The van der Waals surface area contributed by atoms with Gasteiger partial charge in [-0.15, -0.1) is 11.8 Å². The van der Waals surface area contributed by atoms with Crippen LogP contribution in [0.3, 0.4) is 0 Å². The molecule has 1 aliphatic rings. The fourth-order valence-electron chi connectivity index (χ4n) is 3.16. The van der Waals surface area contributed by atoms with Crippen LogP contribution in [0.2, 0.25) is 5.02 Å². The van der Waals surface area contributed by atoms with Gasteiger partial charge in [-0.3, -0.25) is 4.79 Å². The highest BCUT2D eigenvalue weighted by atomic mass is 35.5. The van der Waals surface area contributed by atoms with E-state index < -0.39 is 0 Å². The highest BCUT2D eigenvalue weighted by molar-refractivity contribution is 8.00. The van der Waals surface area contributed by atoms with Crippen LogP contribution in [0.4, 0.5) is 10.5 Å². The van der Waals surface area contributed by atoms with E-state index in [9.17, 15) is 9.59 Å². The number of carbonyl (C=O) groups excluding carboxylic acids is 2. The summed E-state index contributed by atoms with van der Waals surface area (Å²) in [4.78, 5) is 27.7. The lowest BCUT2D eigenvalue weighted by molar-refractivity contribution is -0.131. The number of hydrogen-bond donors (Lipinski definition) is 2. The molecule has 0 bridgehead atoms. The van der Waals surface area contributed by atoms with E-state index >= 15 is 0 Å². The van der Waals surface area contributed by atoms with Crippen molar-refractivity contribution in [2.45, 2.75) is 36.0 Å². The third-order valence-electron chi connectivity index (χ3n) is 4.66. The molecule has 1 atom stereocenters. The van der Waals surface area contributed by atoms with Crippen molar-refractivity contribution in [2.24, 2.45) is 0 Å². The van der Waals surface area contributed by atoms with Gasteiger partial charge in [0.05, 0.1) is 10.3 Å². The van der Waals surface area contributed by atoms with Crippen LogP contribution in [-0.4, -0.2) is 41.2 Å². The first-order valence-corrected chi connectivity index (χ1v) is 10.6. The van der Waals surface area contributed by atoms with Crippen LogP contribution in [0.5, 0.6) is 0 Å². The highest BCUT2D eigenvalue weighted by Gasteiger charge is 2.27. The number of thioether (sulfide) groups is 1. The maximum atomic E-state index is 12.7. The number of rotatable bonds is 5. The number of likely N-dealkylation sites (tertiary alicyclic amines) is 1. The first kappa shape index (κ1) is 20.6. The minimum Gasteiger partial charge on any atom is -0.342 e. The molecular weight excluding hydrogens is 394 g/mol. The molecule has 0 aromatic heterocycles. The van der Waals surface area contributed by atoms with Crippen LogP contribution in [0.1, 0.15) is 19.8 Å². The fourth-order valence-corrected chi connectivity index (χ4v) is 4.39. The third-order valence-corrected chi connectivity index (χ3v) is 6.27. The molecule has 3 rings (SSSR count). The molecule has 2 aromatic carbocycles. The molecule has 2 aromatic rings. The van der Waals surface area contributed by atoms with Crippen molar-refractivity contribution in [2.75, 3.05) is 18.4 Å². The Kier molecular flexibility index (Phi) is 7.23. The number of para-hydroxylation sites is 1. The van der Waals surface area contributed by atoms with E-state index in [2.05, 4.69) is 10.6 Å². The molecule has 28 heavy (non-hydrogen) atoms. The standard InChI is InChI=1S/C21H24ClN3O2S/c1-15(28-19-10-6-5-9-18(19)22)20(26)25-13-11-17(12-14-25)24-21(27)23-16-7-3-2-4-8-16/h2-10,15,17H,11-14H2,1H3,(H2,23,24,27). The lowest BCUT2D eigenvalue weighted by Crippen LogP contribution is -2.49. The molecule has 0 radical (unpaired) electrons. The number of carbonyl (C=O) groups is 2. The molecule has 2 N–H and O–H groups in total. The summed E-state index contributed by atoms with van der Waals surface area (Å²) in [5.74, 6) is 0.108. The Morgan fingerprint density at radius 2 is 1.71 bits per heavy atom. The number of hydrogen-bond acceptors (Lipinski definition) is 3. The molecule has 3 amide bonds. The molecule has 0 saturated carbocycles. The van der Waals surface area contributed by atoms with E-state index in [1.54, 1.807) is 0 Å². The number of anilines is 1. The second-order valence-electron chi connectivity index (χ2n) is 6.75. The third kappa shape index (κ3) is 5.66. The van der Waals surface area contributed by atoms with Crippen LogP contribution in [0.25, 0.3) is 0 Å². The van der Waals surface area contributed by atoms with Crippen molar-refractivity contribution < 1.29 is 9.59 Å². The van der Waals surface area contributed by atoms with Gasteiger partial charge < -0.3 is 15.5 Å². The monoisotopic (exact) mass is 417 g/mol. The lowest BCUT2D eigenvalue weighted by atomic mass is 10.0. The van der Waals surface area contributed by atoms with Gasteiger partial charge in [-0.2, -0.15) is 0 Å². The minimum absolute atomic E-state index is 0.0688. The minimum atomic E-state index is -0.210. The van der Waals surface area contributed by atoms with Gasteiger partial charge in [-0.25, -0.2) is 4.79 Å². The Hall–Kier alpha value is -2.18.